The van der Waals surface area contributed by atoms with Crippen LogP contribution in [0.15, 0.2) is 18.2 Å². The first-order valence-electron chi connectivity index (χ1n) is 5.40. The third kappa shape index (κ3) is 2.21. The van der Waals surface area contributed by atoms with Crippen molar-refractivity contribution < 1.29 is 4.74 Å². The second-order valence-corrected chi connectivity index (χ2v) is 4.89. The van der Waals surface area contributed by atoms with Crippen LogP contribution in [0.5, 0.6) is 0 Å². The lowest BCUT2D eigenvalue weighted by Gasteiger charge is -2.37. The van der Waals surface area contributed by atoms with Gasteiger partial charge in [0.05, 0.1) is 10.0 Å². The molecule has 0 unspecified atom stereocenters. The van der Waals surface area contributed by atoms with Gasteiger partial charge in [0.15, 0.2) is 0 Å². The average Bonchev–Trinajstić information content (AvgIpc) is 2.33. The predicted molar refractivity (Wildman–Crippen MR) is 67.3 cm³/mol. The molecule has 16 heavy (non-hydrogen) atoms. The fraction of sp³-hybridized carbons (Fsp3) is 0.500. The topological polar surface area (TPSA) is 21.3 Å². The molecule has 1 saturated heterocycles. The van der Waals surface area contributed by atoms with Gasteiger partial charge in [0.1, 0.15) is 0 Å². The van der Waals surface area contributed by atoms with Crippen LogP contribution in [0.2, 0.25) is 10.0 Å². The van der Waals surface area contributed by atoms with Gasteiger partial charge in [-0.25, -0.2) is 0 Å². The van der Waals surface area contributed by atoms with E-state index < -0.39 is 0 Å². The van der Waals surface area contributed by atoms with E-state index in [0.717, 1.165) is 26.1 Å². The van der Waals surface area contributed by atoms with E-state index in [1.165, 1.54) is 5.56 Å². The summed E-state index contributed by atoms with van der Waals surface area (Å²) in [5.74, 6) is 0. The Labute approximate surface area is 106 Å². The zero-order valence-electron chi connectivity index (χ0n) is 9.22. The smallest absolute Gasteiger partial charge is 0.0595 e. The largest absolute Gasteiger partial charge is 0.381 e. The maximum atomic E-state index is 6.06. The quantitative estimate of drug-likeness (QED) is 0.881. The second kappa shape index (κ2) is 4.92. The van der Waals surface area contributed by atoms with Gasteiger partial charge in [-0.2, -0.15) is 0 Å². The Morgan fingerprint density at radius 3 is 2.44 bits per heavy atom. The summed E-state index contributed by atoms with van der Waals surface area (Å²) >= 11 is 12.0. The molecule has 0 aliphatic carbocycles. The standard InChI is InChI=1S/C12H15Cl2NO/c1-15-12(4-6-16-7-5-12)9-2-3-10(13)11(14)8-9/h2-3,8,15H,4-7H2,1H3. The molecule has 4 heteroatoms. The fourth-order valence-corrected chi connectivity index (χ4v) is 2.49. The molecule has 1 aliphatic rings. The van der Waals surface area contributed by atoms with Crippen molar-refractivity contribution in [2.24, 2.45) is 0 Å². The van der Waals surface area contributed by atoms with Crippen LogP contribution in [0.25, 0.3) is 0 Å². The monoisotopic (exact) mass is 259 g/mol. The fourth-order valence-electron chi connectivity index (χ4n) is 2.20. The molecule has 1 aromatic carbocycles. The van der Waals surface area contributed by atoms with Crippen LogP contribution >= 0.6 is 23.2 Å². The van der Waals surface area contributed by atoms with Gasteiger partial charge in [0.25, 0.3) is 0 Å². The molecular formula is C12H15Cl2NO. The molecule has 0 aromatic heterocycles. The number of hydrogen-bond donors (Lipinski definition) is 1. The lowest BCUT2D eigenvalue weighted by Crippen LogP contribution is -2.44. The summed E-state index contributed by atoms with van der Waals surface area (Å²) in [5.41, 5.74) is 1.17. The maximum Gasteiger partial charge on any atom is 0.0595 e. The van der Waals surface area contributed by atoms with E-state index in [4.69, 9.17) is 27.9 Å². The molecule has 1 aliphatic heterocycles. The number of rotatable bonds is 2. The Hall–Kier alpha value is -0.280. The van der Waals surface area contributed by atoms with Crippen LogP contribution in [0.1, 0.15) is 18.4 Å². The lowest BCUT2D eigenvalue weighted by atomic mass is 9.83. The van der Waals surface area contributed by atoms with Gasteiger partial charge in [0, 0.05) is 18.8 Å². The zero-order valence-corrected chi connectivity index (χ0v) is 10.7. The van der Waals surface area contributed by atoms with Gasteiger partial charge in [-0.05, 0) is 37.6 Å². The number of hydrogen-bond acceptors (Lipinski definition) is 2. The van der Waals surface area contributed by atoms with Crippen molar-refractivity contribution in [2.45, 2.75) is 18.4 Å². The van der Waals surface area contributed by atoms with Gasteiger partial charge in [0.2, 0.25) is 0 Å². The van der Waals surface area contributed by atoms with Crippen molar-refractivity contribution in [2.75, 3.05) is 20.3 Å². The summed E-state index contributed by atoms with van der Waals surface area (Å²) in [6.07, 6.45) is 1.92. The molecular weight excluding hydrogens is 245 g/mol. The highest BCUT2D eigenvalue weighted by molar-refractivity contribution is 6.42. The summed E-state index contributed by atoms with van der Waals surface area (Å²) in [6.45, 7) is 1.56. The SMILES string of the molecule is CNC1(c2ccc(Cl)c(Cl)c2)CCOCC1. The Balaban J connectivity index is 2.35. The molecule has 0 spiro atoms. The summed E-state index contributed by atoms with van der Waals surface area (Å²) < 4.78 is 5.40. The third-order valence-corrected chi connectivity index (χ3v) is 4.04. The number of benzene rings is 1. The molecule has 0 atom stereocenters. The molecule has 2 nitrogen and oxygen atoms in total. The summed E-state index contributed by atoms with van der Waals surface area (Å²) in [4.78, 5) is 0. The third-order valence-electron chi connectivity index (χ3n) is 3.30. The number of nitrogens with one attached hydrogen (secondary N) is 1. The lowest BCUT2D eigenvalue weighted by molar-refractivity contribution is 0.0398. The number of ether oxygens (including phenoxy) is 1. The molecule has 2 rings (SSSR count). The zero-order chi connectivity index (χ0) is 11.6. The van der Waals surface area contributed by atoms with Crippen molar-refractivity contribution in [1.29, 1.82) is 0 Å². The first-order valence-corrected chi connectivity index (χ1v) is 6.16. The van der Waals surface area contributed by atoms with Crippen molar-refractivity contribution >= 4 is 23.2 Å². The van der Waals surface area contributed by atoms with Crippen LogP contribution in [0, 0.1) is 0 Å². The first-order chi connectivity index (χ1) is 7.68. The molecule has 0 amide bonds. The normalized spacial score (nSPS) is 19.7. The van der Waals surface area contributed by atoms with E-state index in [1.807, 2.05) is 25.2 Å². The van der Waals surface area contributed by atoms with E-state index in [2.05, 4.69) is 5.32 Å². The van der Waals surface area contributed by atoms with Gasteiger partial charge < -0.3 is 10.1 Å². The van der Waals surface area contributed by atoms with Gasteiger partial charge in [-0.15, -0.1) is 0 Å². The van der Waals surface area contributed by atoms with Crippen molar-refractivity contribution in [3.8, 4) is 0 Å². The Morgan fingerprint density at radius 2 is 1.88 bits per heavy atom. The number of halogens is 2. The predicted octanol–water partition coefficient (Wildman–Crippen LogP) is 3.22. The maximum absolute atomic E-state index is 6.06. The molecule has 88 valence electrons. The highest BCUT2D eigenvalue weighted by atomic mass is 35.5. The minimum absolute atomic E-state index is 0.0214. The molecule has 0 bridgehead atoms. The van der Waals surface area contributed by atoms with Crippen LogP contribution in [0.3, 0.4) is 0 Å². The average molecular weight is 260 g/mol. The van der Waals surface area contributed by atoms with E-state index in [1.54, 1.807) is 0 Å². The Kier molecular flexibility index (Phi) is 3.75. The van der Waals surface area contributed by atoms with Crippen LogP contribution in [0.4, 0.5) is 0 Å². The Bertz CT molecular complexity index is 375. The minimum Gasteiger partial charge on any atom is -0.381 e. The van der Waals surface area contributed by atoms with Crippen molar-refractivity contribution in [3.63, 3.8) is 0 Å². The van der Waals surface area contributed by atoms with Gasteiger partial charge in [-0.3, -0.25) is 0 Å². The van der Waals surface area contributed by atoms with E-state index in [0.29, 0.717) is 10.0 Å². The van der Waals surface area contributed by atoms with Gasteiger partial charge >= 0.3 is 0 Å². The Morgan fingerprint density at radius 1 is 1.19 bits per heavy atom. The molecule has 0 saturated carbocycles. The summed E-state index contributed by atoms with van der Waals surface area (Å²) in [5, 5.41) is 4.61. The second-order valence-electron chi connectivity index (χ2n) is 4.07. The van der Waals surface area contributed by atoms with E-state index in [-0.39, 0.29) is 5.54 Å². The molecule has 0 radical (unpaired) electrons. The minimum atomic E-state index is -0.0214. The molecule has 1 heterocycles. The van der Waals surface area contributed by atoms with E-state index in [9.17, 15) is 0 Å². The molecule has 1 N–H and O–H groups in total. The molecule has 1 aromatic rings. The van der Waals surface area contributed by atoms with Crippen LogP contribution < -0.4 is 5.32 Å². The van der Waals surface area contributed by atoms with Crippen LogP contribution in [-0.2, 0) is 10.3 Å². The highest BCUT2D eigenvalue weighted by Crippen LogP contribution is 2.34. The van der Waals surface area contributed by atoms with Gasteiger partial charge in [-0.1, -0.05) is 29.3 Å². The van der Waals surface area contributed by atoms with Crippen molar-refractivity contribution in [3.05, 3.63) is 33.8 Å². The van der Waals surface area contributed by atoms with E-state index >= 15 is 0 Å². The first kappa shape index (κ1) is 12.2. The summed E-state index contributed by atoms with van der Waals surface area (Å²) in [7, 11) is 1.98. The summed E-state index contributed by atoms with van der Waals surface area (Å²) in [6, 6.07) is 5.84. The van der Waals surface area contributed by atoms with Crippen LogP contribution in [-0.4, -0.2) is 20.3 Å². The molecule has 1 fully saturated rings. The highest BCUT2D eigenvalue weighted by Gasteiger charge is 2.32. The van der Waals surface area contributed by atoms with Crippen molar-refractivity contribution in [1.82, 2.24) is 5.32 Å².